The van der Waals surface area contributed by atoms with Gasteiger partial charge in [-0.1, -0.05) is 25.9 Å². The maximum Gasteiger partial charge on any atom is 0.252 e. The summed E-state index contributed by atoms with van der Waals surface area (Å²) in [6.45, 7) is 8.41. The van der Waals surface area contributed by atoms with Crippen LogP contribution >= 0.6 is 0 Å². The molecule has 1 saturated heterocycles. The van der Waals surface area contributed by atoms with E-state index in [1.165, 1.54) is 0 Å². The lowest BCUT2D eigenvalue weighted by atomic mass is 9.96. The third-order valence-electron chi connectivity index (χ3n) is 2.33. The van der Waals surface area contributed by atoms with Gasteiger partial charge in [-0.25, -0.2) is 0 Å². The summed E-state index contributed by atoms with van der Waals surface area (Å²) in [5, 5.41) is 7.06. The molecule has 0 aromatic carbocycles. The van der Waals surface area contributed by atoms with Crippen LogP contribution in [0.1, 0.15) is 32.5 Å². The highest BCUT2D eigenvalue weighted by Gasteiger charge is 2.22. The minimum Gasteiger partial charge on any atom is -0.366 e. The molecule has 0 amide bonds. The first-order valence-electron chi connectivity index (χ1n) is 5.21. The average Bonchev–Trinajstić information content (AvgIpc) is 2.48. The molecule has 0 spiro atoms. The fourth-order valence-electron chi connectivity index (χ4n) is 1.19. The summed E-state index contributed by atoms with van der Waals surface area (Å²) in [4.78, 5) is 4.29. The van der Waals surface area contributed by atoms with Crippen molar-refractivity contribution in [1.82, 2.24) is 15.5 Å². The summed E-state index contributed by atoms with van der Waals surface area (Å²) in [6, 6.07) is 0. The van der Waals surface area contributed by atoms with Gasteiger partial charge in [0.05, 0.1) is 6.10 Å². The second-order valence-corrected chi connectivity index (χ2v) is 4.85. The molecule has 5 nitrogen and oxygen atoms in total. The maximum atomic E-state index is 5.53. The lowest BCUT2D eigenvalue weighted by Gasteiger charge is -2.26. The van der Waals surface area contributed by atoms with E-state index in [0.29, 0.717) is 18.6 Å². The first kappa shape index (κ1) is 10.6. The van der Waals surface area contributed by atoms with E-state index in [1.54, 1.807) is 0 Å². The van der Waals surface area contributed by atoms with Crippen molar-refractivity contribution in [1.29, 1.82) is 0 Å². The van der Waals surface area contributed by atoms with Crippen LogP contribution in [0.2, 0.25) is 0 Å². The summed E-state index contributed by atoms with van der Waals surface area (Å²) >= 11 is 0. The zero-order valence-electron chi connectivity index (χ0n) is 9.41. The third-order valence-corrected chi connectivity index (χ3v) is 2.33. The molecule has 1 aliphatic rings. The van der Waals surface area contributed by atoms with Crippen molar-refractivity contribution in [3.8, 4) is 0 Å². The molecule has 0 radical (unpaired) electrons. The fraction of sp³-hybridized carbons (Fsp3) is 0.800. The summed E-state index contributed by atoms with van der Waals surface area (Å²) in [7, 11) is 0. The minimum absolute atomic E-state index is 0.0697. The molecule has 0 unspecified atom stereocenters. The Morgan fingerprint density at radius 3 is 2.67 bits per heavy atom. The molecule has 1 N–H and O–H groups in total. The zero-order valence-corrected chi connectivity index (χ0v) is 9.41. The number of rotatable bonds is 3. The quantitative estimate of drug-likeness (QED) is 0.803. The second-order valence-electron chi connectivity index (χ2n) is 4.85. The van der Waals surface area contributed by atoms with Gasteiger partial charge in [0.2, 0.25) is 0 Å². The van der Waals surface area contributed by atoms with Crippen LogP contribution in [-0.4, -0.2) is 29.3 Å². The maximum absolute atomic E-state index is 5.53. The van der Waals surface area contributed by atoms with E-state index in [4.69, 9.17) is 9.26 Å². The predicted octanol–water partition coefficient (Wildman–Crippen LogP) is 0.855. The highest BCUT2D eigenvalue weighted by Crippen LogP contribution is 2.18. The van der Waals surface area contributed by atoms with Crippen molar-refractivity contribution in [3.63, 3.8) is 0 Å². The Labute approximate surface area is 89.2 Å². The topological polar surface area (TPSA) is 60.2 Å². The molecule has 0 aliphatic carbocycles. The molecule has 5 heteroatoms. The van der Waals surface area contributed by atoms with Crippen LogP contribution in [0.3, 0.4) is 0 Å². The number of nitrogens with zero attached hydrogens (tertiary/aromatic N) is 2. The fourth-order valence-corrected chi connectivity index (χ4v) is 1.19. The Morgan fingerprint density at radius 2 is 2.20 bits per heavy atom. The lowest BCUT2D eigenvalue weighted by Crippen LogP contribution is -2.48. The van der Waals surface area contributed by atoms with Gasteiger partial charge in [-0.3, -0.25) is 0 Å². The summed E-state index contributed by atoms with van der Waals surface area (Å²) in [5.74, 6) is 1.29. The number of nitrogens with one attached hydrogen (secondary N) is 1. The molecule has 1 aliphatic heterocycles. The van der Waals surface area contributed by atoms with E-state index in [2.05, 4.69) is 36.2 Å². The largest absolute Gasteiger partial charge is 0.366 e. The molecule has 1 aromatic rings. The molecular weight excluding hydrogens is 194 g/mol. The van der Waals surface area contributed by atoms with E-state index in [9.17, 15) is 0 Å². The van der Waals surface area contributed by atoms with E-state index in [-0.39, 0.29) is 5.41 Å². The summed E-state index contributed by atoms with van der Waals surface area (Å²) in [5.41, 5.74) is -0.0697. The Balaban J connectivity index is 1.89. The van der Waals surface area contributed by atoms with Crippen molar-refractivity contribution in [2.75, 3.05) is 13.1 Å². The molecule has 0 saturated carbocycles. The van der Waals surface area contributed by atoms with Crippen molar-refractivity contribution < 1.29 is 9.26 Å². The molecule has 2 rings (SSSR count). The predicted molar refractivity (Wildman–Crippen MR) is 54.4 cm³/mol. The molecule has 0 atom stereocenters. The van der Waals surface area contributed by atoms with Crippen molar-refractivity contribution in [2.24, 2.45) is 0 Å². The van der Waals surface area contributed by atoms with Crippen LogP contribution in [0.15, 0.2) is 4.52 Å². The van der Waals surface area contributed by atoms with E-state index < -0.39 is 0 Å². The van der Waals surface area contributed by atoms with Gasteiger partial charge in [0, 0.05) is 18.5 Å². The molecule has 15 heavy (non-hydrogen) atoms. The van der Waals surface area contributed by atoms with Gasteiger partial charge in [-0.05, 0) is 0 Å². The van der Waals surface area contributed by atoms with Crippen molar-refractivity contribution in [3.05, 3.63) is 11.7 Å². The lowest BCUT2D eigenvalue weighted by molar-refractivity contribution is -0.00397. The van der Waals surface area contributed by atoms with Crippen LogP contribution in [0.25, 0.3) is 0 Å². The van der Waals surface area contributed by atoms with Gasteiger partial charge < -0.3 is 14.6 Å². The number of ether oxygens (including phenoxy) is 1. The molecule has 1 aromatic heterocycles. The van der Waals surface area contributed by atoms with Crippen LogP contribution in [0.5, 0.6) is 0 Å². The highest BCUT2D eigenvalue weighted by molar-refractivity contribution is 4.99. The molecule has 1 fully saturated rings. The zero-order chi connectivity index (χ0) is 10.9. The number of hydrogen-bond acceptors (Lipinski definition) is 5. The Hall–Kier alpha value is -0.940. The molecule has 0 bridgehead atoms. The first-order valence-corrected chi connectivity index (χ1v) is 5.21. The van der Waals surface area contributed by atoms with E-state index in [0.717, 1.165) is 18.9 Å². The molecule has 84 valence electrons. The van der Waals surface area contributed by atoms with Crippen LogP contribution < -0.4 is 5.32 Å². The van der Waals surface area contributed by atoms with Gasteiger partial charge in [-0.15, -0.1) is 0 Å². The van der Waals surface area contributed by atoms with Crippen LogP contribution in [-0.2, 0) is 16.8 Å². The first-order chi connectivity index (χ1) is 7.05. The molecule has 2 heterocycles. The third kappa shape index (κ3) is 2.54. The monoisotopic (exact) mass is 211 g/mol. The van der Waals surface area contributed by atoms with Gasteiger partial charge in [0.25, 0.3) is 5.89 Å². The van der Waals surface area contributed by atoms with E-state index >= 15 is 0 Å². The summed E-state index contributed by atoms with van der Waals surface area (Å²) in [6.07, 6.45) is 0.301. The Morgan fingerprint density at radius 1 is 1.47 bits per heavy atom. The minimum atomic E-state index is -0.0697. The van der Waals surface area contributed by atoms with Crippen molar-refractivity contribution >= 4 is 0 Å². The smallest absolute Gasteiger partial charge is 0.252 e. The van der Waals surface area contributed by atoms with Gasteiger partial charge >= 0.3 is 0 Å². The SMILES string of the molecule is CC(C)(C)c1noc(COC2CNC2)n1. The van der Waals surface area contributed by atoms with Crippen LogP contribution in [0.4, 0.5) is 0 Å². The molecular formula is C10H17N3O2. The standard InChI is InChI=1S/C10H17N3O2/c1-10(2,3)9-12-8(15-13-9)6-14-7-4-11-5-7/h7,11H,4-6H2,1-3H3. The Bertz CT molecular complexity index is 326. The van der Waals surface area contributed by atoms with Gasteiger partial charge in [0.1, 0.15) is 6.61 Å². The number of hydrogen-bond donors (Lipinski definition) is 1. The van der Waals surface area contributed by atoms with Crippen molar-refractivity contribution in [2.45, 2.75) is 38.9 Å². The Kier molecular flexibility index (Phi) is 2.75. The normalized spacial score (nSPS) is 17.8. The average molecular weight is 211 g/mol. The highest BCUT2D eigenvalue weighted by atomic mass is 16.5. The van der Waals surface area contributed by atoms with Gasteiger partial charge in [-0.2, -0.15) is 4.98 Å². The van der Waals surface area contributed by atoms with Crippen LogP contribution in [0, 0.1) is 0 Å². The van der Waals surface area contributed by atoms with E-state index in [1.807, 2.05) is 0 Å². The number of aromatic nitrogens is 2. The summed E-state index contributed by atoms with van der Waals surface area (Å²) < 4.78 is 10.6. The second kappa shape index (κ2) is 3.90. The van der Waals surface area contributed by atoms with Gasteiger partial charge in [0.15, 0.2) is 5.82 Å².